The first-order valence-corrected chi connectivity index (χ1v) is 11.8. The average molecular weight is 478 g/mol. The second-order valence-electron chi connectivity index (χ2n) is 8.03. The highest BCUT2D eigenvalue weighted by molar-refractivity contribution is 7.09. The van der Waals surface area contributed by atoms with E-state index in [-0.39, 0.29) is 0 Å². The van der Waals surface area contributed by atoms with Gasteiger partial charge in [0.15, 0.2) is 18.3 Å². The smallest absolute Gasteiger partial charge is 0.339 e. The largest absolute Gasteiger partial charge is 0.454 e. The molecule has 0 saturated carbocycles. The average Bonchev–Trinajstić information content (AvgIpc) is 3.32. The maximum absolute atomic E-state index is 13.2. The van der Waals surface area contributed by atoms with Crippen molar-refractivity contribution in [1.29, 1.82) is 5.26 Å². The fourth-order valence-electron chi connectivity index (χ4n) is 4.00. The van der Waals surface area contributed by atoms with Crippen LogP contribution in [0.4, 0.5) is 0 Å². The molecule has 2 heterocycles. The summed E-state index contributed by atoms with van der Waals surface area (Å²) in [5, 5.41) is 14.4. The molecule has 0 spiro atoms. The molecular formula is C28H19N3O3S. The number of carbonyl (C=O) groups excluding carboxylic acids is 2. The SMILES string of the molecule is Cc1csc([C@@H](C#N)C(=O)COC(=O)c2cc(-c3cccc4ccccc34)nc3ccccc23)n1. The number of aryl methyl sites for hydroxylation is 1. The zero-order chi connectivity index (χ0) is 24.4. The van der Waals surface area contributed by atoms with Crippen molar-refractivity contribution >= 4 is 44.8 Å². The van der Waals surface area contributed by atoms with E-state index in [4.69, 9.17) is 9.72 Å². The van der Waals surface area contributed by atoms with Gasteiger partial charge in [-0.25, -0.2) is 14.8 Å². The molecule has 1 atom stereocenters. The maximum Gasteiger partial charge on any atom is 0.339 e. The van der Waals surface area contributed by atoms with E-state index in [1.54, 1.807) is 24.4 Å². The van der Waals surface area contributed by atoms with Crippen molar-refractivity contribution in [3.63, 3.8) is 0 Å². The maximum atomic E-state index is 13.2. The van der Waals surface area contributed by atoms with Crippen molar-refractivity contribution in [2.45, 2.75) is 12.8 Å². The van der Waals surface area contributed by atoms with Crippen LogP contribution in [0.15, 0.2) is 78.2 Å². The first kappa shape index (κ1) is 22.4. The highest BCUT2D eigenvalue weighted by Crippen LogP contribution is 2.31. The van der Waals surface area contributed by atoms with Gasteiger partial charge in [0.2, 0.25) is 0 Å². The number of thiazole rings is 1. The zero-order valence-electron chi connectivity index (χ0n) is 18.8. The predicted octanol–water partition coefficient (Wildman–Crippen LogP) is 5.85. The van der Waals surface area contributed by atoms with Gasteiger partial charge in [-0.1, -0.05) is 60.7 Å². The number of rotatable bonds is 6. The minimum absolute atomic E-state index is 0.310. The number of aromatic nitrogens is 2. The van der Waals surface area contributed by atoms with Crippen molar-refractivity contribution in [1.82, 2.24) is 9.97 Å². The molecule has 0 radical (unpaired) electrons. The topological polar surface area (TPSA) is 92.9 Å². The standard InChI is InChI=1S/C28H19N3O3S/c1-17-16-35-27(30-17)23(14-29)26(32)15-34-28(33)22-13-25(31-24-12-5-4-10-21(22)24)20-11-6-8-18-7-2-3-9-19(18)20/h2-13,16,23H,15H2,1H3/t23-/m0/s1. The molecule has 0 saturated heterocycles. The lowest BCUT2D eigenvalue weighted by atomic mass is 9.99. The van der Waals surface area contributed by atoms with Crippen LogP contribution in [0.2, 0.25) is 0 Å². The number of para-hydroxylation sites is 1. The van der Waals surface area contributed by atoms with Crippen molar-refractivity contribution in [2.24, 2.45) is 0 Å². The van der Waals surface area contributed by atoms with E-state index in [2.05, 4.69) is 4.98 Å². The predicted molar refractivity (Wildman–Crippen MR) is 135 cm³/mol. The molecular weight excluding hydrogens is 458 g/mol. The second-order valence-corrected chi connectivity index (χ2v) is 8.92. The summed E-state index contributed by atoms with van der Waals surface area (Å²) < 4.78 is 5.40. The van der Waals surface area contributed by atoms with Gasteiger partial charge in [-0.15, -0.1) is 11.3 Å². The van der Waals surface area contributed by atoms with E-state index in [0.29, 0.717) is 27.2 Å². The summed E-state index contributed by atoms with van der Waals surface area (Å²) >= 11 is 1.24. The van der Waals surface area contributed by atoms with Gasteiger partial charge in [0.25, 0.3) is 0 Å². The van der Waals surface area contributed by atoms with E-state index >= 15 is 0 Å². The Bertz CT molecular complexity index is 1630. The van der Waals surface area contributed by atoms with Crippen LogP contribution in [0, 0.1) is 18.3 Å². The Morgan fingerprint density at radius 2 is 1.74 bits per heavy atom. The number of ketones is 1. The lowest BCUT2D eigenvalue weighted by Crippen LogP contribution is -2.20. The van der Waals surface area contributed by atoms with Crippen LogP contribution < -0.4 is 0 Å². The fourth-order valence-corrected chi connectivity index (χ4v) is 4.86. The molecule has 5 aromatic rings. The molecule has 0 bridgehead atoms. The van der Waals surface area contributed by atoms with E-state index in [1.807, 2.05) is 66.7 Å². The Kier molecular flexibility index (Phi) is 6.04. The highest BCUT2D eigenvalue weighted by Gasteiger charge is 2.25. The first-order valence-electron chi connectivity index (χ1n) is 10.9. The van der Waals surface area contributed by atoms with E-state index in [9.17, 15) is 14.9 Å². The lowest BCUT2D eigenvalue weighted by Gasteiger charge is -2.12. The molecule has 0 aliphatic rings. The Morgan fingerprint density at radius 1 is 1.00 bits per heavy atom. The molecule has 0 N–H and O–H groups in total. The van der Waals surface area contributed by atoms with Gasteiger partial charge in [-0.05, 0) is 29.8 Å². The molecule has 7 heteroatoms. The van der Waals surface area contributed by atoms with Crippen LogP contribution in [0.1, 0.15) is 27.0 Å². The third-order valence-electron chi connectivity index (χ3n) is 5.68. The number of nitrogens with zero attached hydrogens (tertiary/aromatic N) is 3. The van der Waals surface area contributed by atoms with Crippen molar-refractivity contribution < 1.29 is 14.3 Å². The first-order chi connectivity index (χ1) is 17.0. The molecule has 35 heavy (non-hydrogen) atoms. The van der Waals surface area contributed by atoms with E-state index in [1.165, 1.54) is 11.3 Å². The Morgan fingerprint density at radius 3 is 2.51 bits per heavy atom. The molecule has 170 valence electrons. The number of pyridine rings is 1. The second kappa shape index (κ2) is 9.45. The van der Waals surface area contributed by atoms with Gasteiger partial charge < -0.3 is 4.74 Å². The molecule has 5 rings (SSSR count). The molecule has 6 nitrogen and oxygen atoms in total. The van der Waals surface area contributed by atoms with Gasteiger partial charge in [-0.2, -0.15) is 5.26 Å². The van der Waals surface area contributed by atoms with Crippen LogP contribution in [-0.2, 0) is 9.53 Å². The zero-order valence-corrected chi connectivity index (χ0v) is 19.6. The van der Waals surface area contributed by atoms with E-state index < -0.39 is 24.3 Å². The van der Waals surface area contributed by atoms with Gasteiger partial charge in [0.05, 0.1) is 22.8 Å². The van der Waals surface area contributed by atoms with E-state index in [0.717, 1.165) is 22.0 Å². The molecule has 3 aromatic carbocycles. The number of ether oxygens (including phenoxy) is 1. The Hall–Kier alpha value is -4.41. The number of nitriles is 1. The normalized spacial score (nSPS) is 11.8. The summed E-state index contributed by atoms with van der Waals surface area (Å²) in [7, 11) is 0. The fraction of sp³-hybridized carbons (Fsp3) is 0.107. The molecule has 0 aliphatic heterocycles. The van der Waals surface area contributed by atoms with Gasteiger partial charge >= 0.3 is 5.97 Å². The van der Waals surface area contributed by atoms with Crippen molar-refractivity contribution in [3.8, 4) is 17.3 Å². The monoisotopic (exact) mass is 477 g/mol. The number of fused-ring (bicyclic) bond motifs is 2. The Labute approximate surface area is 205 Å². The van der Waals surface area contributed by atoms with Crippen molar-refractivity contribution in [3.05, 3.63) is 94.4 Å². The number of hydrogen-bond donors (Lipinski definition) is 0. The van der Waals surface area contributed by atoms with Crippen LogP contribution in [-0.4, -0.2) is 28.3 Å². The quantitative estimate of drug-likeness (QED) is 0.285. The molecule has 0 unspecified atom stereocenters. The molecule has 0 amide bonds. The van der Waals surface area contributed by atoms with Crippen LogP contribution in [0.5, 0.6) is 0 Å². The number of esters is 1. The summed E-state index contributed by atoms with van der Waals surface area (Å²) in [5.41, 5.74) is 3.21. The summed E-state index contributed by atoms with van der Waals surface area (Å²) in [6, 6.07) is 24.9. The number of benzene rings is 3. The molecule has 0 aliphatic carbocycles. The summed E-state index contributed by atoms with van der Waals surface area (Å²) in [5.74, 6) is -2.23. The van der Waals surface area contributed by atoms with Crippen LogP contribution >= 0.6 is 11.3 Å². The van der Waals surface area contributed by atoms with Crippen LogP contribution in [0.25, 0.3) is 32.9 Å². The lowest BCUT2D eigenvalue weighted by molar-refractivity contribution is -0.122. The Balaban J connectivity index is 1.48. The summed E-state index contributed by atoms with van der Waals surface area (Å²) in [4.78, 5) is 34.9. The summed E-state index contributed by atoms with van der Waals surface area (Å²) in [6.45, 7) is 1.27. The summed E-state index contributed by atoms with van der Waals surface area (Å²) in [6.07, 6.45) is 0. The van der Waals surface area contributed by atoms with Crippen LogP contribution in [0.3, 0.4) is 0 Å². The van der Waals surface area contributed by atoms with Crippen molar-refractivity contribution in [2.75, 3.05) is 6.61 Å². The molecule has 0 fully saturated rings. The van der Waals surface area contributed by atoms with Gasteiger partial charge in [-0.3, -0.25) is 4.79 Å². The number of Topliss-reactive ketones (excluding diaryl/α,β-unsaturated/α-hetero) is 1. The molecule has 2 aromatic heterocycles. The minimum atomic E-state index is -1.07. The van der Waals surface area contributed by atoms with Gasteiger partial charge in [0.1, 0.15) is 5.01 Å². The third kappa shape index (κ3) is 4.39. The number of hydrogen-bond acceptors (Lipinski definition) is 7. The highest BCUT2D eigenvalue weighted by atomic mass is 32.1. The third-order valence-corrected chi connectivity index (χ3v) is 6.71. The van der Waals surface area contributed by atoms with Gasteiger partial charge in [0, 0.05) is 22.0 Å². The number of carbonyl (C=O) groups is 2. The minimum Gasteiger partial charge on any atom is -0.454 e.